The van der Waals surface area contributed by atoms with Crippen LogP contribution in [-0.4, -0.2) is 12.6 Å². The van der Waals surface area contributed by atoms with Crippen molar-refractivity contribution >= 4 is 11.7 Å². The molecule has 4 N–H and O–H groups in total. The lowest BCUT2D eigenvalue weighted by atomic mass is 10.0. The summed E-state index contributed by atoms with van der Waals surface area (Å²) in [7, 11) is 0. The second-order valence-corrected chi connectivity index (χ2v) is 5.97. The topological polar surface area (TPSA) is 67.2 Å². The Morgan fingerprint density at radius 1 is 1.35 bits per heavy atom. The fourth-order valence-electron chi connectivity index (χ4n) is 2.54. The summed E-state index contributed by atoms with van der Waals surface area (Å²) < 4.78 is 0. The molecule has 0 heterocycles. The third-order valence-electron chi connectivity index (χ3n) is 4.06. The van der Waals surface area contributed by atoms with Crippen molar-refractivity contribution in [1.82, 2.24) is 5.32 Å². The molecule has 1 fully saturated rings. The predicted octanol–water partition coefficient (Wildman–Crippen LogP) is 3.41. The van der Waals surface area contributed by atoms with Crippen LogP contribution in [0.4, 0.5) is 10.5 Å². The van der Waals surface area contributed by atoms with Crippen LogP contribution in [0.15, 0.2) is 24.3 Å². The Labute approximate surface area is 121 Å². The van der Waals surface area contributed by atoms with E-state index in [9.17, 15) is 4.79 Å². The van der Waals surface area contributed by atoms with Gasteiger partial charge in [-0.05, 0) is 49.3 Å². The van der Waals surface area contributed by atoms with E-state index in [0.717, 1.165) is 17.8 Å². The smallest absolute Gasteiger partial charge is 0.319 e. The first-order valence-electron chi connectivity index (χ1n) is 7.45. The zero-order chi connectivity index (χ0) is 14.6. The third-order valence-corrected chi connectivity index (χ3v) is 4.06. The molecule has 2 rings (SSSR count). The van der Waals surface area contributed by atoms with Crippen LogP contribution in [0.25, 0.3) is 0 Å². The van der Waals surface area contributed by atoms with Crippen molar-refractivity contribution in [2.45, 2.75) is 45.6 Å². The summed E-state index contributed by atoms with van der Waals surface area (Å²) in [6, 6.07) is 7.55. The number of urea groups is 1. The van der Waals surface area contributed by atoms with Gasteiger partial charge in [0.15, 0.2) is 0 Å². The van der Waals surface area contributed by atoms with Gasteiger partial charge in [-0.2, -0.15) is 0 Å². The summed E-state index contributed by atoms with van der Waals surface area (Å²) in [5.74, 6) is 0. The molecule has 4 heteroatoms. The molecule has 0 spiro atoms. The van der Waals surface area contributed by atoms with Crippen LogP contribution in [0.5, 0.6) is 0 Å². The van der Waals surface area contributed by atoms with E-state index < -0.39 is 0 Å². The van der Waals surface area contributed by atoms with Crippen molar-refractivity contribution in [2.75, 3.05) is 11.9 Å². The number of hydrogen-bond acceptors (Lipinski definition) is 2. The number of anilines is 1. The number of carbonyl (C=O) groups is 1. The lowest BCUT2D eigenvalue weighted by Gasteiger charge is -2.15. The Hall–Kier alpha value is -1.55. The lowest BCUT2D eigenvalue weighted by molar-refractivity contribution is 0.249. The molecular formula is C16H25N3O. The van der Waals surface area contributed by atoms with Crippen LogP contribution >= 0.6 is 0 Å². The normalized spacial score (nSPS) is 17.4. The van der Waals surface area contributed by atoms with Gasteiger partial charge in [-0.1, -0.05) is 25.5 Å². The highest BCUT2D eigenvalue weighted by atomic mass is 16.2. The highest BCUT2D eigenvalue weighted by Gasteiger charge is 2.41. The average molecular weight is 275 g/mol. The Balaban J connectivity index is 1.79. The number of amides is 2. The van der Waals surface area contributed by atoms with Gasteiger partial charge in [-0.3, -0.25) is 0 Å². The maximum Gasteiger partial charge on any atom is 0.319 e. The van der Waals surface area contributed by atoms with E-state index >= 15 is 0 Å². The SMILES string of the molecule is CCCC1(CNC(=O)Nc2ccc(C(C)N)cc2)CC1. The van der Waals surface area contributed by atoms with Gasteiger partial charge in [-0.25, -0.2) is 4.79 Å². The molecule has 1 aliphatic rings. The van der Waals surface area contributed by atoms with Crippen LogP contribution in [0.1, 0.15) is 51.1 Å². The molecule has 4 nitrogen and oxygen atoms in total. The number of hydrogen-bond donors (Lipinski definition) is 3. The van der Waals surface area contributed by atoms with Crippen molar-refractivity contribution in [3.05, 3.63) is 29.8 Å². The predicted molar refractivity (Wildman–Crippen MR) is 82.6 cm³/mol. The molecule has 2 amide bonds. The van der Waals surface area contributed by atoms with E-state index in [2.05, 4.69) is 17.6 Å². The summed E-state index contributed by atoms with van der Waals surface area (Å²) in [4.78, 5) is 11.9. The molecular weight excluding hydrogens is 250 g/mol. The van der Waals surface area contributed by atoms with E-state index in [1.165, 1.54) is 25.7 Å². The van der Waals surface area contributed by atoms with E-state index in [-0.39, 0.29) is 12.1 Å². The van der Waals surface area contributed by atoms with Crippen molar-refractivity contribution in [1.29, 1.82) is 0 Å². The van der Waals surface area contributed by atoms with Gasteiger partial charge in [0.2, 0.25) is 0 Å². The molecule has 0 bridgehead atoms. The summed E-state index contributed by atoms with van der Waals surface area (Å²) in [6.07, 6.45) is 4.87. The summed E-state index contributed by atoms with van der Waals surface area (Å²) in [5.41, 5.74) is 8.04. The number of benzene rings is 1. The molecule has 1 saturated carbocycles. The number of nitrogens with two attached hydrogens (primary N) is 1. The maximum absolute atomic E-state index is 11.9. The van der Waals surface area contributed by atoms with Crippen molar-refractivity contribution in [2.24, 2.45) is 11.1 Å². The molecule has 0 radical (unpaired) electrons. The first-order chi connectivity index (χ1) is 9.54. The molecule has 1 unspecified atom stereocenters. The van der Waals surface area contributed by atoms with Crippen molar-refractivity contribution in [3.8, 4) is 0 Å². The first kappa shape index (κ1) is 14.9. The Bertz CT molecular complexity index is 449. The van der Waals surface area contributed by atoms with Gasteiger partial charge in [0.1, 0.15) is 0 Å². The molecule has 1 aromatic carbocycles. The number of rotatable bonds is 6. The minimum atomic E-state index is -0.124. The maximum atomic E-state index is 11.9. The van der Waals surface area contributed by atoms with E-state index in [4.69, 9.17) is 5.73 Å². The van der Waals surface area contributed by atoms with Crippen LogP contribution in [0, 0.1) is 5.41 Å². The highest BCUT2D eigenvalue weighted by molar-refractivity contribution is 5.89. The Morgan fingerprint density at radius 3 is 2.50 bits per heavy atom. The molecule has 1 aromatic rings. The zero-order valence-electron chi connectivity index (χ0n) is 12.4. The van der Waals surface area contributed by atoms with Crippen LogP contribution in [0.2, 0.25) is 0 Å². The number of carbonyl (C=O) groups excluding carboxylic acids is 1. The largest absolute Gasteiger partial charge is 0.337 e. The standard InChI is InChI=1S/C16H25N3O/c1-3-8-16(9-10-16)11-18-15(20)19-14-6-4-13(5-7-14)12(2)17/h4-7,12H,3,8-11,17H2,1-2H3,(H2,18,19,20). The minimum Gasteiger partial charge on any atom is -0.337 e. The van der Waals surface area contributed by atoms with Gasteiger partial charge in [0.05, 0.1) is 0 Å². The highest BCUT2D eigenvalue weighted by Crippen LogP contribution is 2.48. The van der Waals surface area contributed by atoms with Gasteiger partial charge < -0.3 is 16.4 Å². The molecule has 0 aliphatic heterocycles. The average Bonchev–Trinajstić information content (AvgIpc) is 3.18. The fourth-order valence-corrected chi connectivity index (χ4v) is 2.54. The molecule has 0 saturated heterocycles. The third kappa shape index (κ3) is 3.97. The first-order valence-corrected chi connectivity index (χ1v) is 7.45. The molecule has 0 aromatic heterocycles. The summed E-state index contributed by atoms with van der Waals surface area (Å²) in [5, 5.41) is 5.84. The van der Waals surface area contributed by atoms with E-state index in [1.807, 2.05) is 31.2 Å². The van der Waals surface area contributed by atoms with Crippen LogP contribution < -0.4 is 16.4 Å². The summed E-state index contributed by atoms with van der Waals surface area (Å²) in [6.45, 7) is 4.92. The van der Waals surface area contributed by atoms with Gasteiger partial charge in [0.25, 0.3) is 0 Å². The van der Waals surface area contributed by atoms with Gasteiger partial charge in [-0.15, -0.1) is 0 Å². The minimum absolute atomic E-state index is 0.0154. The van der Waals surface area contributed by atoms with E-state index in [0.29, 0.717) is 5.41 Å². The van der Waals surface area contributed by atoms with Crippen molar-refractivity contribution in [3.63, 3.8) is 0 Å². The van der Waals surface area contributed by atoms with Gasteiger partial charge in [0, 0.05) is 18.3 Å². The summed E-state index contributed by atoms with van der Waals surface area (Å²) >= 11 is 0. The molecule has 110 valence electrons. The van der Waals surface area contributed by atoms with E-state index in [1.54, 1.807) is 0 Å². The van der Waals surface area contributed by atoms with Crippen molar-refractivity contribution < 1.29 is 4.79 Å². The monoisotopic (exact) mass is 275 g/mol. The number of nitrogens with one attached hydrogen (secondary N) is 2. The molecule has 1 aliphatic carbocycles. The quantitative estimate of drug-likeness (QED) is 0.744. The fraction of sp³-hybridized carbons (Fsp3) is 0.562. The molecule has 20 heavy (non-hydrogen) atoms. The second-order valence-electron chi connectivity index (χ2n) is 5.97. The lowest BCUT2D eigenvalue weighted by Crippen LogP contribution is -2.33. The zero-order valence-corrected chi connectivity index (χ0v) is 12.4. The van der Waals surface area contributed by atoms with Crippen LogP contribution in [-0.2, 0) is 0 Å². The molecule has 1 atom stereocenters. The van der Waals surface area contributed by atoms with Gasteiger partial charge >= 0.3 is 6.03 Å². The Kier molecular flexibility index (Phi) is 4.65. The second kappa shape index (κ2) is 6.27. The van der Waals surface area contributed by atoms with Crippen LogP contribution in [0.3, 0.4) is 0 Å². The Morgan fingerprint density at radius 2 is 2.00 bits per heavy atom.